The van der Waals surface area contributed by atoms with E-state index in [-0.39, 0.29) is 0 Å². The third-order valence-corrected chi connectivity index (χ3v) is 2.82. The standard InChI is InChI=1S/C11H18N4O/c1-2-10-8-15(3-4-16-10)11-7-13-9(5-12)6-14-11/h6-7,10H,2-5,8,12H2,1H3. The molecule has 5 heteroatoms. The van der Waals surface area contributed by atoms with Crippen LogP contribution in [0, 0.1) is 0 Å². The fourth-order valence-electron chi connectivity index (χ4n) is 1.79. The fraction of sp³-hybridized carbons (Fsp3) is 0.636. The Labute approximate surface area is 95.6 Å². The van der Waals surface area contributed by atoms with Gasteiger partial charge in [0.25, 0.3) is 0 Å². The number of hydrogen-bond acceptors (Lipinski definition) is 5. The van der Waals surface area contributed by atoms with E-state index in [4.69, 9.17) is 10.5 Å². The van der Waals surface area contributed by atoms with E-state index < -0.39 is 0 Å². The van der Waals surface area contributed by atoms with Crippen molar-refractivity contribution in [3.8, 4) is 0 Å². The van der Waals surface area contributed by atoms with Crippen molar-refractivity contribution in [1.82, 2.24) is 9.97 Å². The second-order valence-corrected chi connectivity index (χ2v) is 3.92. The molecule has 16 heavy (non-hydrogen) atoms. The molecular formula is C11H18N4O. The highest BCUT2D eigenvalue weighted by molar-refractivity contribution is 5.36. The molecule has 88 valence electrons. The van der Waals surface area contributed by atoms with Crippen molar-refractivity contribution < 1.29 is 4.74 Å². The molecule has 0 aliphatic carbocycles. The number of anilines is 1. The van der Waals surface area contributed by atoms with Gasteiger partial charge in [-0.15, -0.1) is 0 Å². The first-order valence-corrected chi connectivity index (χ1v) is 5.71. The number of nitrogens with two attached hydrogens (primary N) is 1. The van der Waals surface area contributed by atoms with Crippen molar-refractivity contribution in [3.05, 3.63) is 18.1 Å². The lowest BCUT2D eigenvalue weighted by Gasteiger charge is -2.33. The average molecular weight is 222 g/mol. The molecule has 2 rings (SSSR count). The van der Waals surface area contributed by atoms with E-state index in [1.54, 1.807) is 12.4 Å². The largest absolute Gasteiger partial charge is 0.375 e. The molecule has 1 aliphatic heterocycles. The van der Waals surface area contributed by atoms with Crippen molar-refractivity contribution >= 4 is 5.82 Å². The number of hydrogen-bond donors (Lipinski definition) is 1. The highest BCUT2D eigenvalue weighted by Gasteiger charge is 2.19. The van der Waals surface area contributed by atoms with E-state index in [0.717, 1.165) is 37.6 Å². The SMILES string of the molecule is CCC1CN(c2cnc(CN)cn2)CCO1. The topological polar surface area (TPSA) is 64.3 Å². The molecule has 0 radical (unpaired) electrons. The predicted octanol–water partition coefficient (Wildman–Crippen LogP) is 0.550. The van der Waals surface area contributed by atoms with Gasteiger partial charge in [0, 0.05) is 19.6 Å². The first kappa shape index (κ1) is 11.3. The van der Waals surface area contributed by atoms with E-state index in [2.05, 4.69) is 21.8 Å². The second kappa shape index (κ2) is 5.23. The van der Waals surface area contributed by atoms with Gasteiger partial charge in [0.05, 0.1) is 30.8 Å². The van der Waals surface area contributed by atoms with Gasteiger partial charge in [0.1, 0.15) is 5.82 Å². The Bertz CT molecular complexity index is 327. The van der Waals surface area contributed by atoms with Gasteiger partial charge in [-0.3, -0.25) is 4.98 Å². The number of morpholine rings is 1. The number of ether oxygens (including phenoxy) is 1. The summed E-state index contributed by atoms with van der Waals surface area (Å²) < 4.78 is 5.61. The lowest BCUT2D eigenvalue weighted by molar-refractivity contribution is 0.0381. The molecule has 0 aromatic carbocycles. The molecule has 0 spiro atoms. The predicted molar refractivity (Wildman–Crippen MR) is 62.2 cm³/mol. The molecule has 1 unspecified atom stereocenters. The minimum absolute atomic E-state index is 0.310. The van der Waals surface area contributed by atoms with Gasteiger partial charge in [0.15, 0.2) is 0 Å². The van der Waals surface area contributed by atoms with Crippen LogP contribution in [0.15, 0.2) is 12.4 Å². The van der Waals surface area contributed by atoms with Gasteiger partial charge >= 0.3 is 0 Å². The van der Waals surface area contributed by atoms with Crippen LogP contribution < -0.4 is 10.6 Å². The van der Waals surface area contributed by atoms with Crippen LogP contribution in [0.25, 0.3) is 0 Å². The zero-order valence-corrected chi connectivity index (χ0v) is 9.59. The Hall–Kier alpha value is -1.20. The molecule has 5 nitrogen and oxygen atoms in total. The fourth-order valence-corrected chi connectivity index (χ4v) is 1.79. The van der Waals surface area contributed by atoms with Crippen LogP contribution in [0.4, 0.5) is 5.82 Å². The van der Waals surface area contributed by atoms with Gasteiger partial charge in [-0.1, -0.05) is 6.92 Å². The maximum Gasteiger partial charge on any atom is 0.147 e. The maximum absolute atomic E-state index is 5.61. The summed E-state index contributed by atoms with van der Waals surface area (Å²) in [7, 11) is 0. The summed E-state index contributed by atoms with van der Waals surface area (Å²) in [5, 5.41) is 0. The summed E-state index contributed by atoms with van der Waals surface area (Å²) in [5.74, 6) is 0.916. The highest BCUT2D eigenvalue weighted by atomic mass is 16.5. The van der Waals surface area contributed by atoms with E-state index >= 15 is 0 Å². The van der Waals surface area contributed by atoms with Crippen LogP contribution in [0.2, 0.25) is 0 Å². The molecular weight excluding hydrogens is 204 g/mol. The number of rotatable bonds is 3. The third kappa shape index (κ3) is 2.48. The summed E-state index contributed by atoms with van der Waals surface area (Å²) in [5.41, 5.74) is 6.31. The Morgan fingerprint density at radius 1 is 1.50 bits per heavy atom. The smallest absolute Gasteiger partial charge is 0.147 e. The van der Waals surface area contributed by atoms with Crippen LogP contribution in [-0.4, -0.2) is 35.8 Å². The van der Waals surface area contributed by atoms with E-state index in [0.29, 0.717) is 12.6 Å². The minimum Gasteiger partial charge on any atom is -0.375 e. The van der Waals surface area contributed by atoms with Crippen molar-refractivity contribution in [3.63, 3.8) is 0 Å². The quantitative estimate of drug-likeness (QED) is 0.809. The van der Waals surface area contributed by atoms with Crippen molar-refractivity contribution in [2.45, 2.75) is 26.0 Å². The van der Waals surface area contributed by atoms with E-state index in [9.17, 15) is 0 Å². The first-order valence-electron chi connectivity index (χ1n) is 5.71. The Morgan fingerprint density at radius 2 is 2.38 bits per heavy atom. The molecule has 1 aromatic heterocycles. The lowest BCUT2D eigenvalue weighted by Crippen LogP contribution is -2.42. The summed E-state index contributed by atoms with van der Waals surface area (Å²) in [6, 6.07) is 0. The first-order chi connectivity index (χ1) is 7.83. The van der Waals surface area contributed by atoms with Crippen LogP contribution >= 0.6 is 0 Å². The highest BCUT2D eigenvalue weighted by Crippen LogP contribution is 2.15. The number of aromatic nitrogens is 2. The van der Waals surface area contributed by atoms with Crippen molar-refractivity contribution in [1.29, 1.82) is 0 Å². The molecule has 1 atom stereocenters. The molecule has 1 fully saturated rings. The van der Waals surface area contributed by atoms with Crippen LogP contribution in [0.1, 0.15) is 19.0 Å². The normalized spacial score (nSPS) is 21.1. The second-order valence-electron chi connectivity index (χ2n) is 3.92. The number of nitrogens with zero attached hydrogens (tertiary/aromatic N) is 3. The molecule has 0 saturated carbocycles. The Morgan fingerprint density at radius 3 is 3.00 bits per heavy atom. The minimum atomic E-state index is 0.310. The zero-order chi connectivity index (χ0) is 11.4. The van der Waals surface area contributed by atoms with Crippen LogP contribution in [-0.2, 0) is 11.3 Å². The van der Waals surface area contributed by atoms with Gasteiger partial charge in [-0.05, 0) is 6.42 Å². The van der Waals surface area contributed by atoms with E-state index in [1.807, 2.05) is 0 Å². The molecule has 1 saturated heterocycles. The van der Waals surface area contributed by atoms with E-state index in [1.165, 1.54) is 0 Å². The molecule has 2 N–H and O–H groups in total. The molecule has 2 heterocycles. The average Bonchev–Trinajstić information content (AvgIpc) is 2.39. The van der Waals surface area contributed by atoms with Crippen LogP contribution in [0.3, 0.4) is 0 Å². The van der Waals surface area contributed by atoms with Crippen molar-refractivity contribution in [2.24, 2.45) is 5.73 Å². The summed E-state index contributed by atoms with van der Waals surface area (Å²) in [6.45, 7) is 5.12. The van der Waals surface area contributed by atoms with Gasteiger partial charge < -0.3 is 15.4 Å². The molecule has 0 bridgehead atoms. The summed E-state index contributed by atoms with van der Waals surface area (Å²) in [4.78, 5) is 10.8. The Kier molecular flexibility index (Phi) is 3.69. The third-order valence-electron chi connectivity index (χ3n) is 2.82. The molecule has 1 aromatic rings. The monoisotopic (exact) mass is 222 g/mol. The Balaban J connectivity index is 2.05. The summed E-state index contributed by atoms with van der Waals surface area (Å²) in [6.07, 6.45) is 4.88. The van der Waals surface area contributed by atoms with Gasteiger partial charge in [-0.2, -0.15) is 0 Å². The van der Waals surface area contributed by atoms with Gasteiger partial charge in [-0.25, -0.2) is 4.98 Å². The van der Waals surface area contributed by atoms with Gasteiger partial charge in [0.2, 0.25) is 0 Å². The van der Waals surface area contributed by atoms with Crippen LogP contribution in [0.5, 0.6) is 0 Å². The zero-order valence-electron chi connectivity index (χ0n) is 9.59. The molecule has 1 aliphatic rings. The maximum atomic E-state index is 5.61. The molecule has 0 amide bonds. The summed E-state index contributed by atoms with van der Waals surface area (Å²) >= 11 is 0. The lowest BCUT2D eigenvalue weighted by atomic mass is 10.2. The van der Waals surface area contributed by atoms with Crippen molar-refractivity contribution in [2.75, 3.05) is 24.6 Å².